The zero-order chi connectivity index (χ0) is 17.6. The van der Waals surface area contributed by atoms with Crippen molar-refractivity contribution >= 4 is 28.3 Å². The first-order valence-electron chi connectivity index (χ1n) is 8.39. The van der Waals surface area contributed by atoms with E-state index >= 15 is 0 Å². The Morgan fingerprint density at radius 3 is 2.96 bits per heavy atom. The number of benzene rings is 1. The van der Waals surface area contributed by atoms with E-state index in [9.17, 15) is 4.79 Å². The summed E-state index contributed by atoms with van der Waals surface area (Å²) in [5.41, 5.74) is 0.714. The van der Waals surface area contributed by atoms with Crippen molar-refractivity contribution in [1.82, 2.24) is 10.6 Å². The second kappa shape index (κ2) is 8.07. The van der Waals surface area contributed by atoms with Gasteiger partial charge in [0.1, 0.15) is 5.76 Å². The van der Waals surface area contributed by atoms with Crippen LogP contribution in [0.25, 0.3) is 11.0 Å². The Kier molecular flexibility index (Phi) is 5.60. The minimum atomic E-state index is -0.233. The van der Waals surface area contributed by atoms with E-state index in [0.717, 1.165) is 17.6 Å². The molecular weight excluding hydrogens is 336 g/mol. The number of nitrogens with one attached hydrogen (secondary N) is 2. The number of hydrogen-bond donors (Lipinski definition) is 2. The van der Waals surface area contributed by atoms with Crippen LogP contribution in [-0.2, 0) is 6.42 Å². The summed E-state index contributed by atoms with van der Waals surface area (Å²) in [6.07, 6.45) is 0.835. The lowest BCUT2D eigenvalue weighted by atomic mass is 10.2. The van der Waals surface area contributed by atoms with Gasteiger partial charge in [0.15, 0.2) is 11.3 Å². The summed E-state index contributed by atoms with van der Waals surface area (Å²) in [4.78, 5) is 13.3. The monoisotopic (exact) mass is 358 g/mol. The maximum atomic E-state index is 12.1. The molecule has 3 aromatic rings. The van der Waals surface area contributed by atoms with Crippen LogP contribution in [-0.4, -0.2) is 19.2 Å². The topological polar surface area (TPSA) is 63.5 Å². The summed E-state index contributed by atoms with van der Waals surface area (Å²) in [7, 11) is 0. The van der Waals surface area contributed by atoms with Gasteiger partial charge in [-0.1, -0.05) is 18.2 Å². The molecule has 0 bridgehead atoms. The molecule has 0 aliphatic rings. The first kappa shape index (κ1) is 17.4. The number of para-hydroxylation sites is 1. The number of ether oxygens (including phenoxy) is 1. The number of amides is 2. The van der Waals surface area contributed by atoms with Crippen molar-refractivity contribution in [3.8, 4) is 5.75 Å². The predicted molar refractivity (Wildman–Crippen MR) is 100 cm³/mol. The third kappa shape index (κ3) is 4.33. The highest BCUT2D eigenvalue weighted by atomic mass is 32.1. The molecule has 1 aromatic carbocycles. The largest absolute Gasteiger partial charge is 0.490 e. The number of urea groups is 1. The lowest BCUT2D eigenvalue weighted by Crippen LogP contribution is -2.37. The summed E-state index contributed by atoms with van der Waals surface area (Å²) in [5.74, 6) is 1.43. The Morgan fingerprint density at radius 1 is 1.32 bits per heavy atom. The molecule has 2 heterocycles. The van der Waals surface area contributed by atoms with Crippen LogP contribution in [0.1, 0.15) is 30.5 Å². The fourth-order valence-corrected chi connectivity index (χ4v) is 3.32. The highest BCUT2D eigenvalue weighted by molar-refractivity contribution is 7.09. The van der Waals surface area contributed by atoms with Gasteiger partial charge in [0.25, 0.3) is 0 Å². The number of fused-ring (bicyclic) bond motifs is 1. The molecular formula is C19H22N2O3S. The van der Waals surface area contributed by atoms with Crippen LogP contribution in [0.15, 0.2) is 46.2 Å². The van der Waals surface area contributed by atoms with E-state index in [4.69, 9.17) is 9.15 Å². The maximum Gasteiger partial charge on any atom is 0.315 e. The Labute approximate surface area is 151 Å². The lowest BCUT2D eigenvalue weighted by Gasteiger charge is -2.12. The molecule has 0 aliphatic heterocycles. The van der Waals surface area contributed by atoms with Gasteiger partial charge in [0.2, 0.25) is 0 Å². The zero-order valence-corrected chi connectivity index (χ0v) is 15.2. The predicted octanol–water partition coefficient (Wildman–Crippen LogP) is 4.50. The SMILES string of the molecule is CCOc1cccc2cc([C@@H](C)NC(=O)NCCc3cccs3)oc12. The first-order valence-corrected chi connectivity index (χ1v) is 9.27. The minimum Gasteiger partial charge on any atom is -0.490 e. The highest BCUT2D eigenvalue weighted by Crippen LogP contribution is 2.31. The van der Waals surface area contributed by atoms with E-state index in [0.29, 0.717) is 24.5 Å². The standard InChI is InChI=1S/C19H22N2O3S/c1-3-23-16-8-4-6-14-12-17(24-18(14)16)13(2)21-19(22)20-10-9-15-7-5-11-25-15/h4-8,11-13H,3,9-10H2,1-2H3,(H2,20,21,22)/t13-/m1/s1. The second-order valence-corrected chi connectivity index (χ2v) is 6.74. The van der Waals surface area contributed by atoms with Crippen molar-refractivity contribution in [2.75, 3.05) is 13.2 Å². The van der Waals surface area contributed by atoms with E-state index in [1.54, 1.807) is 11.3 Å². The van der Waals surface area contributed by atoms with Crippen LogP contribution in [0.4, 0.5) is 4.79 Å². The summed E-state index contributed by atoms with van der Waals surface area (Å²) in [5, 5.41) is 8.79. The van der Waals surface area contributed by atoms with Crippen molar-refractivity contribution in [3.63, 3.8) is 0 Å². The molecule has 0 radical (unpaired) electrons. The van der Waals surface area contributed by atoms with Crippen molar-refractivity contribution < 1.29 is 13.9 Å². The molecule has 0 spiro atoms. The van der Waals surface area contributed by atoms with E-state index in [2.05, 4.69) is 16.7 Å². The molecule has 25 heavy (non-hydrogen) atoms. The summed E-state index contributed by atoms with van der Waals surface area (Å²) >= 11 is 1.69. The Morgan fingerprint density at radius 2 is 2.20 bits per heavy atom. The van der Waals surface area contributed by atoms with Gasteiger partial charge in [-0.05, 0) is 43.8 Å². The van der Waals surface area contributed by atoms with Crippen molar-refractivity contribution in [1.29, 1.82) is 0 Å². The maximum absolute atomic E-state index is 12.1. The van der Waals surface area contributed by atoms with E-state index < -0.39 is 0 Å². The van der Waals surface area contributed by atoms with Crippen LogP contribution in [0.3, 0.4) is 0 Å². The smallest absolute Gasteiger partial charge is 0.315 e. The molecule has 2 amide bonds. The van der Waals surface area contributed by atoms with Gasteiger partial charge < -0.3 is 19.8 Å². The third-order valence-corrected chi connectivity index (χ3v) is 4.77. The fraction of sp³-hybridized carbons (Fsp3) is 0.316. The van der Waals surface area contributed by atoms with Crippen LogP contribution in [0.5, 0.6) is 5.75 Å². The van der Waals surface area contributed by atoms with Gasteiger partial charge in [0.05, 0.1) is 12.6 Å². The molecule has 0 saturated carbocycles. The molecule has 0 unspecified atom stereocenters. The molecule has 132 valence electrons. The quantitative estimate of drug-likeness (QED) is 0.654. The highest BCUT2D eigenvalue weighted by Gasteiger charge is 2.16. The average molecular weight is 358 g/mol. The molecule has 3 rings (SSSR count). The molecule has 2 N–H and O–H groups in total. The minimum absolute atomic E-state index is 0.199. The summed E-state index contributed by atoms with van der Waals surface area (Å²) in [6.45, 7) is 5.02. The van der Waals surface area contributed by atoms with Gasteiger partial charge >= 0.3 is 6.03 Å². The van der Waals surface area contributed by atoms with Gasteiger partial charge in [0, 0.05) is 16.8 Å². The lowest BCUT2D eigenvalue weighted by molar-refractivity contribution is 0.236. The number of thiophene rings is 1. The van der Waals surface area contributed by atoms with Gasteiger partial charge in [-0.2, -0.15) is 0 Å². The molecule has 0 fully saturated rings. The summed E-state index contributed by atoms with van der Waals surface area (Å²) < 4.78 is 11.5. The molecule has 0 saturated heterocycles. The van der Waals surface area contributed by atoms with E-state index in [1.165, 1.54) is 4.88 Å². The number of furan rings is 1. The van der Waals surface area contributed by atoms with Crippen molar-refractivity contribution in [3.05, 3.63) is 52.4 Å². The number of carbonyl (C=O) groups is 1. The zero-order valence-electron chi connectivity index (χ0n) is 14.4. The van der Waals surface area contributed by atoms with Crippen LogP contribution in [0.2, 0.25) is 0 Å². The van der Waals surface area contributed by atoms with Crippen molar-refractivity contribution in [2.45, 2.75) is 26.3 Å². The van der Waals surface area contributed by atoms with Gasteiger partial charge in [-0.3, -0.25) is 0 Å². The second-order valence-electron chi connectivity index (χ2n) is 5.71. The van der Waals surface area contributed by atoms with E-state index in [1.807, 2.05) is 49.6 Å². The van der Waals surface area contributed by atoms with Gasteiger partial charge in [-0.15, -0.1) is 11.3 Å². The van der Waals surface area contributed by atoms with E-state index in [-0.39, 0.29) is 12.1 Å². The number of rotatable bonds is 7. The summed E-state index contributed by atoms with van der Waals surface area (Å²) in [6, 6.07) is 11.4. The Balaban J connectivity index is 1.58. The molecule has 1 atom stereocenters. The molecule has 6 heteroatoms. The van der Waals surface area contributed by atoms with Crippen LogP contribution < -0.4 is 15.4 Å². The Bertz CT molecular complexity index is 826. The van der Waals surface area contributed by atoms with Crippen LogP contribution >= 0.6 is 11.3 Å². The molecule has 5 nitrogen and oxygen atoms in total. The van der Waals surface area contributed by atoms with Crippen molar-refractivity contribution in [2.24, 2.45) is 0 Å². The fourth-order valence-electron chi connectivity index (χ4n) is 2.61. The number of hydrogen-bond acceptors (Lipinski definition) is 4. The first-order chi connectivity index (χ1) is 12.2. The normalized spacial score (nSPS) is 12.1. The molecule has 2 aromatic heterocycles. The molecule has 0 aliphatic carbocycles. The van der Waals surface area contributed by atoms with Crippen LogP contribution in [0, 0.1) is 0 Å². The van der Waals surface area contributed by atoms with Gasteiger partial charge in [-0.25, -0.2) is 4.79 Å². The number of carbonyl (C=O) groups excluding carboxylic acids is 1. The Hall–Kier alpha value is -2.47. The average Bonchev–Trinajstić information content (AvgIpc) is 3.24. The third-order valence-electron chi connectivity index (χ3n) is 3.84.